The minimum atomic E-state index is -0.322. The molecule has 1 N–H and O–H groups in total. The van der Waals surface area contributed by atoms with Gasteiger partial charge in [-0.25, -0.2) is 9.78 Å². The van der Waals surface area contributed by atoms with Gasteiger partial charge < -0.3 is 10.1 Å². The number of aromatic nitrogens is 1. The number of anilines is 1. The molecule has 86 valence electrons. The van der Waals surface area contributed by atoms with Gasteiger partial charge >= 0.3 is 5.97 Å². The van der Waals surface area contributed by atoms with Gasteiger partial charge in [0.1, 0.15) is 5.82 Å². The molecule has 0 amide bonds. The molecule has 1 heterocycles. The van der Waals surface area contributed by atoms with E-state index in [0.29, 0.717) is 11.6 Å². The molecule has 1 saturated carbocycles. The maximum Gasteiger partial charge on any atom is 0.338 e. The largest absolute Gasteiger partial charge is 0.465 e. The van der Waals surface area contributed by atoms with Crippen LogP contribution in [0, 0.1) is 0 Å². The number of nitrogens with zero attached hydrogens (tertiary/aromatic N) is 1. The molecule has 0 atom stereocenters. The maximum atomic E-state index is 11.3. The van der Waals surface area contributed by atoms with E-state index in [9.17, 15) is 4.79 Å². The average Bonchev–Trinajstić information content (AvgIpc) is 2.81. The predicted molar refractivity (Wildman–Crippen MR) is 61.5 cm³/mol. The zero-order valence-corrected chi connectivity index (χ0v) is 9.40. The van der Waals surface area contributed by atoms with Crippen molar-refractivity contribution in [3.8, 4) is 0 Å². The molecule has 1 aliphatic rings. The van der Waals surface area contributed by atoms with Crippen molar-refractivity contribution in [2.45, 2.75) is 31.7 Å². The Morgan fingerprint density at radius 1 is 1.50 bits per heavy atom. The van der Waals surface area contributed by atoms with Crippen molar-refractivity contribution >= 4 is 11.8 Å². The molecule has 0 aliphatic heterocycles. The first-order valence-electron chi connectivity index (χ1n) is 5.60. The predicted octanol–water partition coefficient (Wildman–Crippen LogP) is 2.22. The molecule has 0 radical (unpaired) electrons. The number of pyridine rings is 1. The Bertz CT molecular complexity index is 373. The van der Waals surface area contributed by atoms with E-state index in [1.165, 1.54) is 32.8 Å². The number of nitrogens with one attached hydrogen (secondary N) is 1. The molecule has 4 heteroatoms. The van der Waals surface area contributed by atoms with Crippen molar-refractivity contribution in [3.63, 3.8) is 0 Å². The van der Waals surface area contributed by atoms with Crippen LogP contribution in [-0.4, -0.2) is 24.1 Å². The van der Waals surface area contributed by atoms with Crippen molar-refractivity contribution in [2.75, 3.05) is 12.4 Å². The fraction of sp³-hybridized carbons (Fsp3) is 0.500. The highest BCUT2D eigenvalue weighted by atomic mass is 16.5. The van der Waals surface area contributed by atoms with Crippen LogP contribution in [0.1, 0.15) is 36.0 Å². The zero-order valence-electron chi connectivity index (χ0n) is 9.40. The maximum absolute atomic E-state index is 11.3. The van der Waals surface area contributed by atoms with Gasteiger partial charge in [0.05, 0.1) is 12.7 Å². The molecular formula is C12H16N2O2. The number of methoxy groups -OCH3 is 1. The number of esters is 1. The standard InChI is InChI=1S/C12H16N2O2/c1-16-12(15)9-6-7-13-11(8-9)14-10-4-2-3-5-10/h6-8,10H,2-5H2,1H3,(H,13,14). The summed E-state index contributed by atoms with van der Waals surface area (Å²) in [6.45, 7) is 0. The summed E-state index contributed by atoms with van der Waals surface area (Å²) in [5.41, 5.74) is 0.540. The van der Waals surface area contributed by atoms with Gasteiger partial charge in [0, 0.05) is 12.2 Å². The topological polar surface area (TPSA) is 51.2 Å². The molecule has 1 aliphatic carbocycles. The second-order valence-corrected chi connectivity index (χ2v) is 4.05. The normalized spacial score (nSPS) is 16.1. The van der Waals surface area contributed by atoms with Crippen LogP contribution in [0.25, 0.3) is 0 Å². The summed E-state index contributed by atoms with van der Waals surface area (Å²) in [5.74, 6) is 0.437. The number of hydrogen-bond acceptors (Lipinski definition) is 4. The minimum absolute atomic E-state index is 0.322. The molecule has 0 unspecified atom stereocenters. The second kappa shape index (κ2) is 4.96. The highest BCUT2D eigenvalue weighted by Crippen LogP contribution is 2.21. The minimum Gasteiger partial charge on any atom is -0.465 e. The third kappa shape index (κ3) is 2.51. The van der Waals surface area contributed by atoms with Crippen molar-refractivity contribution in [1.29, 1.82) is 0 Å². The van der Waals surface area contributed by atoms with Gasteiger partial charge in [-0.1, -0.05) is 12.8 Å². The molecule has 1 fully saturated rings. The third-order valence-corrected chi connectivity index (χ3v) is 2.89. The average molecular weight is 220 g/mol. The van der Waals surface area contributed by atoms with E-state index >= 15 is 0 Å². The monoisotopic (exact) mass is 220 g/mol. The van der Waals surface area contributed by atoms with Gasteiger partial charge in [-0.15, -0.1) is 0 Å². The second-order valence-electron chi connectivity index (χ2n) is 4.05. The number of carbonyl (C=O) groups is 1. The van der Waals surface area contributed by atoms with Gasteiger partial charge in [0.25, 0.3) is 0 Å². The van der Waals surface area contributed by atoms with Gasteiger partial charge in [0.15, 0.2) is 0 Å². The van der Waals surface area contributed by atoms with Crippen molar-refractivity contribution < 1.29 is 9.53 Å². The van der Waals surface area contributed by atoms with Crippen molar-refractivity contribution in [1.82, 2.24) is 4.98 Å². The highest BCUT2D eigenvalue weighted by molar-refractivity contribution is 5.89. The quantitative estimate of drug-likeness (QED) is 0.793. The molecule has 0 spiro atoms. The Morgan fingerprint density at radius 2 is 2.25 bits per heavy atom. The van der Waals surface area contributed by atoms with Crippen LogP contribution in [0.2, 0.25) is 0 Å². The van der Waals surface area contributed by atoms with Crippen molar-refractivity contribution in [2.24, 2.45) is 0 Å². The summed E-state index contributed by atoms with van der Waals surface area (Å²) in [6.07, 6.45) is 6.54. The van der Waals surface area contributed by atoms with E-state index in [4.69, 9.17) is 0 Å². The van der Waals surface area contributed by atoms with Crippen LogP contribution >= 0.6 is 0 Å². The SMILES string of the molecule is COC(=O)c1ccnc(NC2CCCC2)c1. The van der Waals surface area contributed by atoms with E-state index in [2.05, 4.69) is 15.0 Å². The Hall–Kier alpha value is -1.58. The molecule has 2 rings (SSSR count). The van der Waals surface area contributed by atoms with E-state index < -0.39 is 0 Å². The lowest BCUT2D eigenvalue weighted by atomic mass is 10.2. The lowest BCUT2D eigenvalue weighted by molar-refractivity contribution is 0.0600. The summed E-state index contributed by atoms with van der Waals surface area (Å²) in [7, 11) is 1.38. The summed E-state index contributed by atoms with van der Waals surface area (Å²) >= 11 is 0. The molecule has 0 aromatic carbocycles. The molecule has 1 aromatic heterocycles. The number of hydrogen-bond donors (Lipinski definition) is 1. The van der Waals surface area contributed by atoms with Crippen LogP contribution in [0.5, 0.6) is 0 Å². The van der Waals surface area contributed by atoms with E-state index in [0.717, 1.165) is 5.82 Å². The van der Waals surface area contributed by atoms with Gasteiger partial charge in [-0.2, -0.15) is 0 Å². The molecule has 4 nitrogen and oxygen atoms in total. The van der Waals surface area contributed by atoms with Crippen LogP contribution in [0.3, 0.4) is 0 Å². The first kappa shape index (κ1) is 10.9. The van der Waals surface area contributed by atoms with Gasteiger partial charge in [-0.3, -0.25) is 0 Å². The Balaban J connectivity index is 2.06. The fourth-order valence-electron chi connectivity index (χ4n) is 2.03. The van der Waals surface area contributed by atoms with Gasteiger partial charge in [0.2, 0.25) is 0 Å². The summed E-state index contributed by atoms with van der Waals surface area (Å²) in [6, 6.07) is 3.90. The Labute approximate surface area is 95.0 Å². The molecule has 0 saturated heterocycles. The molecule has 1 aromatic rings. The summed E-state index contributed by atoms with van der Waals surface area (Å²) in [4.78, 5) is 15.5. The van der Waals surface area contributed by atoms with Gasteiger partial charge in [-0.05, 0) is 25.0 Å². The fourth-order valence-corrected chi connectivity index (χ4v) is 2.03. The lowest BCUT2D eigenvalue weighted by Gasteiger charge is -2.12. The van der Waals surface area contributed by atoms with Crippen LogP contribution in [0.15, 0.2) is 18.3 Å². The zero-order chi connectivity index (χ0) is 11.4. The Kier molecular flexibility index (Phi) is 3.39. The molecule has 0 bridgehead atoms. The Morgan fingerprint density at radius 3 is 2.94 bits per heavy atom. The third-order valence-electron chi connectivity index (χ3n) is 2.89. The van der Waals surface area contributed by atoms with Crippen LogP contribution in [-0.2, 0) is 4.74 Å². The highest BCUT2D eigenvalue weighted by Gasteiger charge is 2.15. The van der Waals surface area contributed by atoms with E-state index in [1.54, 1.807) is 18.3 Å². The number of ether oxygens (including phenoxy) is 1. The number of carbonyl (C=O) groups excluding carboxylic acids is 1. The van der Waals surface area contributed by atoms with Crippen molar-refractivity contribution in [3.05, 3.63) is 23.9 Å². The molecule has 16 heavy (non-hydrogen) atoms. The first-order chi connectivity index (χ1) is 7.79. The van der Waals surface area contributed by atoms with E-state index in [-0.39, 0.29) is 5.97 Å². The number of rotatable bonds is 3. The summed E-state index contributed by atoms with van der Waals surface area (Å²) < 4.78 is 4.67. The van der Waals surface area contributed by atoms with Crippen LogP contribution < -0.4 is 5.32 Å². The first-order valence-corrected chi connectivity index (χ1v) is 5.60. The smallest absolute Gasteiger partial charge is 0.338 e. The molecular weight excluding hydrogens is 204 g/mol. The van der Waals surface area contributed by atoms with E-state index in [1.807, 2.05) is 0 Å². The summed E-state index contributed by atoms with van der Waals surface area (Å²) in [5, 5.41) is 3.34. The lowest BCUT2D eigenvalue weighted by Crippen LogP contribution is -2.16. The van der Waals surface area contributed by atoms with Crippen LogP contribution in [0.4, 0.5) is 5.82 Å².